The normalized spacial score (nSPS) is 14.4. The van der Waals surface area contributed by atoms with Crippen molar-refractivity contribution < 1.29 is 0 Å². The Morgan fingerprint density at radius 3 is 2.72 bits per heavy atom. The average molecular weight is 355 g/mol. The van der Waals surface area contributed by atoms with E-state index in [1.807, 2.05) is 30.3 Å². The molecular weight excluding hydrogens is 336 g/mol. The van der Waals surface area contributed by atoms with Crippen LogP contribution >= 0.6 is 11.6 Å². The van der Waals surface area contributed by atoms with E-state index in [2.05, 4.69) is 16.1 Å². The molecule has 0 radical (unpaired) electrons. The van der Waals surface area contributed by atoms with Gasteiger partial charge in [0.15, 0.2) is 0 Å². The SMILES string of the molecule is Nc1cccc(CN2CCc3c([nH]n(-c4ccc(Cl)cc4)c3=O)C2)c1. The molecule has 0 atom stereocenters. The molecular formula is C19H19ClN4O. The van der Waals surface area contributed by atoms with Gasteiger partial charge in [-0.05, 0) is 48.4 Å². The van der Waals surface area contributed by atoms with Gasteiger partial charge in [-0.2, -0.15) is 0 Å². The summed E-state index contributed by atoms with van der Waals surface area (Å²) >= 11 is 5.93. The fourth-order valence-electron chi connectivity index (χ4n) is 3.34. The Labute approximate surface area is 150 Å². The van der Waals surface area contributed by atoms with Crippen LogP contribution in [0.3, 0.4) is 0 Å². The Hall–Kier alpha value is -2.50. The van der Waals surface area contributed by atoms with E-state index in [1.165, 1.54) is 5.56 Å². The minimum absolute atomic E-state index is 0.0286. The second-order valence-electron chi connectivity index (χ2n) is 6.39. The van der Waals surface area contributed by atoms with Crippen molar-refractivity contribution in [3.8, 4) is 5.69 Å². The molecule has 0 bridgehead atoms. The minimum Gasteiger partial charge on any atom is -0.399 e. The number of benzene rings is 2. The molecule has 0 spiro atoms. The quantitative estimate of drug-likeness (QED) is 0.710. The summed E-state index contributed by atoms with van der Waals surface area (Å²) < 4.78 is 1.60. The molecule has 3 aromatic rings. The molecule has 0 saturated carbocycles. The van der Waals surface area contributed by atoms with E-state index in [1.54, 1.807) is 16.8 Å². The van der Waals surface area contributed by atoms with Gasteiger partial charge in [-0.25, -0.2) is 4.68 Å². The number of rotatable bonds is 3. The molecule has 1 aliphatic heterocycles. The maximum Gasteiger partial charge on any atom is 0.274 e. The maximum atomic E-state index is 12.7. The highest BCUT2D eigenvalue weighted by molar-refractivity contribution is 6.30. The molecule has 0 unspecified atom stereocenters. The summed E-state index contributed by atoms with van der Waals surface area (Å²) in [6.07, 6.45) is 0.744. The second-order valence-corrected chi connectivity index (χ2v) is 6.83. The Kier molecular flexibility index (Phi) is 4.11. The zero-order chi connectivity index (χ0) is 17.4. The van der Waals surface area contributed by atoms with Crippen molar-refractivity contribution in [2.24, 2.45) is 0 Å². The standard InChI is InChI=1S/C19H19ClN4O/c20-14-4-6-16(7-5-14)24-19(25)17-8-9-23(12-18(17)22-24)11-13-2-1-3-15(21)10-13/h1-7,10,22H,8-9,11-12,21H2. The van der Waals surface area contributed by atoms with Crippen molar-refractivity contribution in [2.45, 2.75) is 19.5 Å². The molecule has 0 fully saturated rings. The van der Waals surface area contributed by atoms with E-state index in [4.69, 9.17) is 17.3 Å². The topological polar surface area (TPSA) is 67.0 Å². The molecule has 5 nitrogen and oxygen atoms in total. The maximum absolute atomic E-state index is 12.7. The van der Waals surface area contributed by atoms with Crippen LogP contribution in [0.1, 0.15) is 16.8 Å². The highest BCUT2D eigenvalue weighted by Crippen LogP contribution is 2.19. The molecule has 0 aliphatic carbocycles. The monoisotopic (exact) mass is 354 g/mol. The molecule has 6 heteroatoms. The number of nitrogens with one attached hydrogen (secondary N) is 1. The van der Waals surface area contributed by atoms with Crippen LogP contribution in [-0.4, -0.2) is 21.2 Å². The largest absolute Gasteiger partial charge is 0.399 e. The molecule has 2 heterocycles. The summed E-state index contributed by atoms with van der Waals surface area (Å²) in [5.41, 5.74) is 10.5. The first-order chi connectivity index (χ1) is 12.1. The fourth-order valence-corrected chi connectivity index (χ4v) is 3.46. The van der Waals surface area contributed by atoms with E-state index < -0.39 is 0 Å². The number of hydrogen-bond donors (Lipinski definition) is 2. The van der Waals surface area contributed by atoms with Gasteiger partial charge in [0.2, 0.25) is 0 Å². The Balaban J connectivity index is 1.58. The lowest BCUT2D eigenvalue weighted by molar-refractivity contribution is 0.242. The van der Waals surface area contributed by atoms with Crippen LogP contribution in [-0.2, 0) is 19.5 Å². The van der Waals surface area contributed by atoms with E-state index in [0.717, 1.165) is 48.7 Å². The lowest BCUT2D eigenvalue weighted by atomic mass is 10.1. The molecule has 1 aromatic heterocycles. The van der Waals surface area contributed by atoms with Crippen molar-refractivity contribution in [1.82, 2.24) is 14.7 Å². The smallest absolute Gasteiger partial charge is 0.274 e. The predicted octanol–water partition coefficient (Wildman–Crippen LogP) is 2.96. The molecule has 3 N–H and O–H groups in total. The van der Waals surface area contributed by atoms with Crippen LogP contribution in [0.2, 0.25) is 5.02 Å². The Bertz CT molecular complexity index is 958. The number of aromatic nitrogens is 2. The summed E-state index contributed by atoms with van der Waals surface area (Å²) in [7, 11) is 0. The number of aromatic amines is 1. The van der Waals surface area contributed by atoms with Crippen LogP contribution in [0.4, 0.5) is 5.69 Å². The average Bonchev–Trinajstić information content (AvgIpc) is 2.92. The molecule has 4 rings (SSSR count). The number of H-pyrrole nitrogens is 1. The van der Waals surface area contributed by atoms with Gasteiger partial charge in [-0.1, -0.05) is 23.7 Å². The highest BCUT2D eigenvalue weighted by Gasteiger charge is 2.23. The fraction of sp³-hybridized carbons (Fsp3) is 0.211. The number of nitrogens with two attached hydrogens (primary N) is 1. The van der Waals surface area contributed by atoms with E-state index in [-0.39, 0.29) is 5.56 Å². The van der Waals surface area contributed by atoms with Crippen molar-refractivity contribution in [1.29, 1.82) is 0 Å². The van der Waals surface area contributed by atoms with Crippen molar-refractivity contribution in [3.63, 3.8) is 0 Å². The summed E-state index contributed by atoms with van der Waals surface area (Å²) in [6, 6.07) is 15.2. The van der Waals surface area contributed by atoms with Crippen LogP contribution < -0.4 is 11.3 Å². The summed E-state index contributed by atoms with van der Waals surface area (Å²) in [5.74, 6) is 0. The molecule has 25 heavy (non-hydrogen) atoms. The van der Waals surface area contributed by atoms with Gasteiger partial charge in [0.05, 0.1) is 11.4 Å². The molecule has 128 valence electrons. The molecule has 2 aromatic carbocycles. The number of halogens is 1. The highest BCUT2D eigenvalue weighted by atomic mass is 35.5. The van der Waals surface area contributed by atoms with Crippen LogP contribution in [0.25, 0.3) is 5.69 Å². The van der Waals surface area contributed by atoms with Gasteiger partial charge in [-0.15, -0.1) is 0 Å². The molecule has 0 amide bonds. The molecule has 0 saturated heterocycles. The molecule has 1 aliphatic rings. The van der Waals surface area contributed by atoms with Gasteiger partial charge in [-0.3, -0.25) is 14.8 Å². The summed E-state index contributed by atoms with van der Waals surface area (Å²) in [4.78, 5) is 15.0. The Morgan fingerprint density at radius 1 is 1.16 bits per heavy atom. The summed E-state index contributed by atoms with van der Waals surface area (Å²) in [5, 5.41) is 3.91. The minimum atomic E-state index is 0.0286. The van der Waals surface area contributed by atoms with Crippen LogP contribution in [0, 0.1) is 0 Å². The van der Waals surface area contributed by atoms with Gasteiger partial charge >= 0.3 is 0 Å². The zero-order valence-corrected chi connectivity index (χ0v) is 14.5. The van der Waals surface area contributed by atoms with E-state index in [9.17, 15) is 4.79 Å². The van der Waals surface area contributed by atoms with Crippen molar-refractivity contribution in [2.75, 3.05) is 12.3 Å². The van der Waals surface area contributed by atoms with E-state index >= 15 is 0 Å². The number of fused-ring (bicyclic) bond motifs is 1. The van der Waals surface area contributed by atoms with Crippen molar-refractivity contribution >= 4 is 17.3 Å². The van der Waals surface area contributed by atoms with Gasteiger partial charge < -0.3 is 5.73 Å². The third-order valence-corrected chi connectivity index (χ3v) is 4.83. The van der Waals surface area contributed by atoms with Gasteiger partial charge in [0.1, 0.15) is 0 Å². The van der Waals surface area contributed by atoms with E-state index in [0.29, 0.717) is 5.02 Å². The first kappa shape index (κ1) is 16.0. The predicted molar refractivity (Wildman–Crippen MR) is 100 cm³/mol. The van der Waals surface area contributed by atoms with Crippen LogP contribution in [0.15, 0.2) is 53.3 Å². The lowest BCUT2D eigenvalue weighted by Gasteiger charge is -2.26. The van der Waals surface area contributed by atoms with Crippen molar-refractivity contribution in [3.05, 3.63) is 80.7 Å². The number of nitrogen functional groups attached to an aromatic ring is 1. The van der Waals surface area contributed by atoms with Gasteiger partial charge in [0.25, 0.3) is 5.56 Å². The third kappa shape index (κ3) is 3.21. The first-order valence-electron chi connectivity index (χ1n) is 8.25. The second kappa shape index (κ2) is 6.43. The van der Waals surface area contributed by atoms with Gasteiger partial charge in [0, 0.05) is 35.9 Å². The zero-order valence-electron chi connectivity index (χ0n) is 13.7. The first-order valence-corrected chi connectivity index (χ1v) is 8.63. The Morgan fingerprint density at radius 2 is 1.96 bits per heavy atom. The number of anilines is 1. The lowest BCUT2D eigenvalue weighted by Crippen LogP contribution is -2.31. The van der Waals surface area contributed by atoms with Crippen LogP contribution in [0.5, 0.6) is 0 Å². The number of nitrogens with zero attached hydrogens (tertiary/aromatic N) is 2. The number of hydrogen-bond acceptors (Lipinski definition) is 3. The third-order valence-electron chi connectivity index (χ3n) is 4.57. The summed E-state index contributed by atoms with van der Waals surface area (Å²) in [6.45, 7) is 2.40.